The van der Waals surface area contributed by atoms with Crippen LogP contribution in [0.5, 0.6) is 5.75 Å². The molecule has 39 heavy (non-hydrogen) atoms. The number of guanidine groups is 1. The SMILES string of the molecule is CC(C)C[C@H](N)C(=O)N[C@@H](CCCN=C(N)N)C(=O)N[C@H](C(=O)N[C@@H](Cc1ccc(O)cc1)C(=O)O)C(C)C. The van der Waals surface area contributed by atoms with Gasteiger partial charge in [-0.1, -0.05) is 39.8 Å². The number of aliphatic carboxylic acids is 1. The molecule has 13 nitrogen and oxygen atoms in total. The van der Waals surface area contributed by atoms with Crippen molar-refractivity contribution in [2.24, 2.45) is 34.0 Å². The molecule has 0 heterocycles. The van der Waals surface area contributed by atoms with Crippen LogP contribution in [0.4, 0.5) is 0 Å². The first-order valence-corrected chi connectivity index (χ1v) is 12.9. The van der Waals surface area contributed by atoms with E-state index < -0.39 is 53.8 Å². The van der Waals surface area contributed by atoms with Crippen LogP contribution >= 0.6 is 0 Å². The third-order valence-corrected chi connectivity index (χ3v) is 5.88. The lowest BCUT2D eigenvalue weighted by atomic mass is 10.00. The summed E-state index contributed by atoms with van der Waals surface area (Å²) >= 11 is 0. The van der Waals surface area contributed by atoms with E-state index >= 15 is 0 Å². The van der Waals surface area contributed by atoms with Crippen molar-refractivity contribution >= 4 is 29.7 Å². The van der Waals surface area contributed by atoms with Gasteiger partial charge in [0.05, 0.1) is 6.04 Å². The monoisotopic (exact) mass is 549 g/mol. The van der Waals surface area contributed by atoms with E-state index in [1.54, 1.807) is 26.0 Å². The summed E-state index contributed by atoms with van der Waals surface area (Å²) in [5, 5.41) is 26.9. The second-order valence-electron chi connectivity index (χ2n) is 10.2. The zero-order valence-corrected chi connectivity index (χ0v) is 23.0. The van der Waals surface area contributed by atoms with Crippen LogP contribution in [-0.4, -0.2) is 70.6 Å². The summed E-state index contributed by atoms with van der Waals surface area (Å²) in [5.41, 5.74) is 17.3. The summed E-state index contributed by atoms with van der Waals surface area (Å²) in [4.78, 5) is 54.7. The molecule has 0 aliphatic carbocycles. The first-order valence-electron chi connectivity index (χ1n) is 12.9. The Labute approximate surface area is 229 Å². The number of carboxylic acids is 1. The Bertz CT molecular complexity index is 993. The maximum Gasteiger partial charge on any atom is 0.326 e. The van der Waals surface area contributed by atoms with E-state index in [1.165, 1.54) is 12.1 Å². The summed E-state index contributed by atoms with van der Waals surface area (Å²) in [6.07, 6.45) is 0.926. The van der Waals surface area contributed by atoms with E-state index in [-0.39, 0.29) is 37.0 Å². The topological polar surface area (TPSA) is 235 Å². The molecule has 0 saturated heterocycles. The standard InChI is InChI=1S/C26H43N7O6/c1-14(2)12-18(27)22(35)31-19(6-5-11-30-26(28)29)23(36)33-21(15(3)4)24(37)32-20(25(38)39)13-16-7-9-17(34)10-8-16/h7-10,14-15,18-21,34H,5-6,11-13,27H2,1-4H3,(H,31,35)(H,32,37)(H,33,36)(H,38,39)(H4,28,29,30)/t18-,19-,20-,21-/m0/s1. The van der Waals surface area contributed by atoms with Gasteiger partial charge < -0.3 is 43.4 Å². The van der Waals surface area contributed by atoms with Crippen molar-refractivity contribution in [3.8, 4) is 5.75 Å². The molecule has 0 bridgehead atoms. The quantitative estimate of drug-likeness (QED) is 0.0756. The average Bonchev–Trinajstić information content (AvgIpc) is 2.83. The molecular weight excluding hydrogens is 506 g/mol. The molecule has 0 aliphatic rings. The van der Waals surface area contributed by atoms with Gasteiger partial charge >= 0.3 is 5.97 Å². The average molecular weight is 550 g/mol. The number of aromatic hydroxyl groups is 1. The van der Waals surface area contributed by atoms with Gasteiger partial charge in [0.15, 0.2) is 5.96 Å². The summed E-state index contributed by atoms with van der Waals surface area (Å²) in [6, 6.07) is 1.75. The number of nitrogens with one attached hydrogen (secondary N) is 3. The highest BCUT2D eigenvalue weighted by atomic mass is 16.4. The number of aliphatic imine (C=N–C) groups is 1. The Morgan fingerprint density at radius 3 is 2.00 bits per heavy atom. The molecule has 0 unspecified atom stereocenters. The zero-order valence-electron chi connectivity index (χ0n) is 23.0. The molecule has 1 rings (SSSR count). The summed E-state index contributed by atoms with van der Waals surface area (Å²) in [7, 11) is 0. The molecule has 4 atom stereocenters. The number of hydrogen-bond donors (Lipinski definition) is 8. The van der Waals surface area contributed by atoms with E-state index in [4.69, 9.17) is 17.2 Å². The fourth-order valence-corrected chi connectivity index (χ4v) is 3.78. The highest BCUT2D eigenvalue weighted by molar-refractivity contribution is 5.94. The predicted octanol–water partition coefficient (Wildman–Crippen LogP) is -0.443. The Morgan fingerprint density at radius 1 is 0.897 bits per heavy atom. The van der Waals surface area contributed by atoms with Gasteiger partial charge in [-0.3, -0.25) is 19.4 Å². The number of carbonyl (C=O) groups excluding carboxylic acids is 3. The second kappa shape index (κ2) is 16.2. The Kier molecular flexibility index (Phi) is 13.7. The van der Waals surface area contributed by atoms with E-state index in [9.17, 15) is 29.4 Å². The second-order valence-corrected chi connectivity index (χ2v) is 10.2. The van der Waals surface area contributed by atoms with Crippen LogP contribution in [0.25, 0.3) is 0 Å². The number of rotatable bonds is 16. The minimum atomic E-state index is -1.27. The Morgan fingerprint density at radius 2 is 1.49 bits per heavy atom. The van der Waals surface area contributed by atoms with Gasteiger partial charge in [-0.2, -0.15) is 0 Å². The number of carboxylic acid groups (broad SMARTS) is 1. The number of nitrogens with zero attached hydrogens (tertiary/aromatic N) is 1. The van der Waals surface area contributed by atoms with Crippen molar-refractivity contribution in [2.45, 2.75) is 77.5 Å². The molecule has 13 heteroatoms. The highest BCUT2D eigenvalue weighted by Gasteiger charge is 2.32. The molecule has 0 aliphatic heterocycles. The van der Waals surface area contributed by atoms with Gasteiger partial charge in [-0.15, -0.1) is 0 Å². The van der Waals surface area contributed by atoms with E-state index in [2.05, 4.69) is 20.9 Å². The van der Waals surface area contributed by atoms with Crippen molar-refractivity contribution in [1.29, 1.82) is 0 Å². The number of benzene rings is 1. The van der Waals surface area contributed by atoms with Crippen LogP contribution in [0.2, 0.25) is 0 Å². The fraction of sp³-hybridized carbons (Fsp3) is 0.577. The summed E-state index contributed by atoms with van der Waals surface area (Å²) < 4.78 is 0. The third kappa shape index (κ3) is 12.5. The molecule has 11 N–H and O–H groups in total. The Balaban J connectivity index is 3.01. The first kappa shape index (κ1) is 33.2. The van der Waals surface area contributed by atoms with Gasteiger partial charge in [0.25, 0.3) is 0 Å². The highest BCUT2D eigenvalue weighted by Crippen LogP contribution is 2.12. The normalized spacial score (nSPS) is 14.1. The van der Waals surface area contributed by atoms with Gasteiger partial charge in [-0.25, -0.2) is 4.79 Å². The van der Waals surface area contributed by atoms with E-state index in [0.29, 0.717) is 18.4 Å². The van der Waals surface area contributed by atoms with Gasteiger partial charge in [-0.05, 0) is 48.8 Å². The van der Waals surface area contributed by atoms with Crippen LogP contribution in [0, 0.1) is 11.8 Å². The van der Waals surface area contributed by atoms with Crippen LogP contribution in [-0.2, 0) is 25.6 Å². The minimum Gasteiger partial charge on any atom is -0.508 e. The van der Waals surface area contributed by atoms with Crippen molar-refractivity contribution < 1.29 is 29.4 Å². The fourth-order valence-electron chi connectivity index (χ4n) is 3.78. The number of phenols is 1. The predicted molar refractivity (Wildman–Crippen MR) is 147 cm³/mol. The molecule has 0 fully saturated rings. The van der Waals surface area contributed by atoms with Crippen molar-refractivity contribution in [1.82, 2.24) is 16.0 Å². The number of phenolic OH excluding ortho intramolecular Hbond substituents is 1. The van der Waals surface area contributed by atoms with Crippen LogP contribution in [0.1, 0.15) is 52.5 Å². The van der Waals surface area contributed by atoms with E-state index in [0.717, 1.165) is 0 Å². The molecule has 1 aromatic carbocycles. The molecule has 1 aromatic rings. The smallest absolute Gasteiger partial charge is 0.326 e. The summed E-state index contributed by atoms with van der Waals surface area (Å²) in [5.74, 6) is -3.38. The first-order chi connectivity index (χ1) is 18.2. The number of carbonyl (C=O) groups is 4. The lowest BCUT2D eigenvalue weighted by Crippen LogP contribution is -2.58. The number of hydrogen-bond acceptors (Lipinski definition) is 7. The van der Waals surface area contributed by atoms with Gasteiger partial charge in [0, 0.05) is 13.0 Å². The van der Waals surface area contributed by atoms with Crippen molar-refractivity contribution in [2.75, 3.05) is 6.54 Å². The molecule has 0 radical (unpaired) electrons. The van der Waals surface area contributed by atoms with Crippen LogP contribution in [0.3, 0.4) is 0 Å². The minimum absolute atomic E-state index is 0.0300. The number of nitrogens with two attached hydrogens (primary N) is 3. The van der Waals surface area contributed by atoms with Crippen LogP contribution < -0.4 is 33.2 Å². The molecule has 218 valence electrons. The maximum absolute atomic E-state index is 13.2. The zero-order chi connectivity index (χ0) is 29.7. The largest absolute Gasteiger partial charge is 0.508 e. The van der Waals surface area contributed by atoms with Gasteiger partial charge in [0.1, 0.15) is 23.9 Å². The molecule has 0 saturated carbocycles. The molecule has 0 spiro atoms. The molecule has 0 aromatic heterocycles. The van der Waals surface area contributed by atoms with E-state index in [1.807, 2.05) is 13.8 Å². The van der Waals surface area contributed by atoms with Crippen LogP contribution in [0.15, 0.2) is 29.3 Å². The lowest BCUT2D eigenvalue weighted by Gasteiger charge is -2.27. The van der Waals surface area contributed by atoms with Gasteiger partial charge in [0.2, 0.25) is 17.7 Å². The number of amides is 3. The molecule has 3 amide bonds. The third-order valence-electron chi connectivity index (χ3n) is 5.88. The van der Waals surface area contributed by atoms with Crippen molar-refractivity contribution in [3.05, 3.63) is 29.8 Å². The maximum atomic E-state index is 13.2. The summed E-state index contributed by atoms with van der Waals surface area (Å²) in [6.45, 7) is 7.47. The molecular formula is C26H43N7O6. The Hall–Kier alpha value is -3.87. The van der Waals surface area contributed by atoms with Crippen molar-refractivity contribution in [3.63, 3.8) is 0 Å². The lowest BCUT2D eigenvalue weighted by molar-refractivity contribution is -0.142.